The number of hydrogen-bond acceptors (Lipinski definition) is 4. The van der Waals surface area contributed by atoms with Crippen LogP contribution in [0.2, 0.25) is 5.02 Å². The minimum absolute atomic E-state index is 0.0773. The lowest BCUT2D eigenvalue weighted by molar-refractivity contribution is -0.124. The summed E-state index contributed by atoms with van der Waals surface area (Å²) in [5.74, 6) is 0.124. The van der Waals surface area contributed by atoms with E-state index in [-0.39, 0.29) is 22.7 Å². The number of rotatable bonds is 4. The van der Waals surface area contributed by atoms with E-state index in [1.165, 1.54) is 6.42 Å². The van der Waals surface area contributed by atoms with Crippen LogP contribution in [0.15, 0.2) is 17.8 Å². The summed E-state index contributed by atoms with van der Waals surface area (Å²) in [7, 11) is 1.81. The number of amides is 1. The summed E-state index contributed by atoms with van der Waals surface area (Å²) in [6.07, 6.45) is 7.20. The standard InChI is InChI=1S/C19H23ClN2O3S/c1-3-25-16-11-12(9-14(20)17(16)23)10-15-18(24)22(19(26)21(15)2)13-7-5-4-6-8-13/h9-11,13,23H,3-8H2,1-2H3/b15-10-. The van der Waals surface area contributed by atoms with Gasteiger partial charge in [-0.3, -0.25) is 9.69 Å². The van der Waals surface area contributed by atoms with Crippen molar-refractivity contribution in [1.82, 2.24) is 9.80 Å². The van der Waals surface area contributed by atoms with Crippen molar-refractivity contribution in [3.05, 3.63) is 28.4 Å². The van der Waals surface area contributed by atoms with Crippen molar-refractivity contribution >= 4 is 40.9 Å². The molecule has 1 aromatic rings. The minimum Gasteiger partial charge on any atom is -0.503 e. The first-order chi connectivity index (χ1) is 12.4. The summed E-state index contributed by atoms with van der Waals surface area (Å²) in [6, 6.07) is 3.46. The summed E-state index contributed by atoms with van der Waals surface area (Å²) in [5, 5.41) is 10.7. The maximum Gasteiger partial charge on any atom is 0.277 e. The van der Waals surface area contributed by atoms with E-state index in [1.807, 2.05) is 6.92 Å². The van der Waals surface area contributed by atoms with E-state index in [1.54, 1.807) is 35.1 Å². The van der Waals surface area contributed by atoms with Crippen molar-refractivity contribution in [2.75, 3.05) is 13.7 Å². The SMILES string of the molecule is CCOc1cc(/C=C2/C(=O)N(C3CCCCC3)C(=S)N2C)cc(Cl)c1O. The second-order valence-electron chi connectivity index (χ2n) is 6.62. The molecule has 1 saturated heterocycles. The monoisotopic (exact) mass is 394 g/mol. The highest BCUT2D eigenvalue weighted by Gasteiger charge is 2.40. The molecule has 1 aliphatic heterocycles. The summed E-state index contributed by atoms with van der Waals surface area (Å²) in [5.41, 5.74) is 1.18. The molecular weight excluding hydrogens is 372 g/mol. The van der Waals surface area contributed by atoms with E-state index < -0.39 is 0 Å². The Morgan fingerprint density at radius 3 is 2.69 bits per heavy atom. The first-order valence-electron chi connectivity index (χ1n) is 8.92. The topological polar surface area (TPSA) is 53.0 Å². The van der Waals surface area contributed by atoms with Gasteiger partial charge in [0.2, 0.25) is 0 Å². The van der Waals surface area contributed by atoms with Gasteiger partial charge in [0, 0.05) is 13.1 Å². The number of likely N-dealkylation sites (N-methyl/N-ethyl adjacent to an activating group) is 1. The molecule has 1 aliphatic carbocycles. The number of hydrogen-bond donors (Lipinski definition) is 1. The quantitative estimate of drug-likeness (QED) is 0.613. The predicted octanol–water partition coefficient (Wildman–Crippen LogP) is 4.18. The zero-order chi connectivity index (χ0) is 18.8. The number of ether oxygens (including phenoxy) is 1. The van der Waals surface area contributed by atoms with Crippen molar-refractivity contribution in [3.8, 4) is 11.5 Å². The fourth-order valence-electron chi connectivity index (χ4n) is 3.54. The highest BCUT2D eigenvalue weighted by molar-refractivity contribution is 7.80. The van der Waals surface area contributed by atoms with Crippen molar-refractivity contribution in [3.63, 3.8) is 0 Å². The van der Waals surface area contributed by atoms with Crippen LogP contribution in [0.4, 0.5) is 0 Å². The smallest absolute Gasteiger partial charge is 0.277 e. The van der Waals surface area contributed by atoms with Crippen LogP contribution < -0.4 is 4.74 Å². The number of halogens is 1. The summed E-state index contributed by atoms with van der Waals surface area (Å²) >= 11 is 11.6. The lowest BCUT2D eigenvalue weighted by atomic mass is 9.94. The van der Waals surface area contributed by atoms with E-state index in [2.05, 4.69) is 0 Å². The third-order valence-corrected chi connectivity index (χ3v) is 5.64. The first kappa shape index (κ1) is 19.0. The molecule has 0 bridgehead atoms. The maximum atomic E-state index is 13.0. The van der Waals surface area contributed by atoms with Gasteiger partial charge in [-0.05, 0) is 55.8 Å². The first-order valence-corrected chi connectivity index (χ1v) is 9.71. The zero-order valence-electron chi connectivity index (χ0n) is 15.0. The lowest BCUT2D eigenvalue weighted by Gasteiger charge is -2.30. The van der Waals surface area contributed by atoms with Gasteiger partial charge in [-0.15, -0.1) is 0 Å². The van der Waals surface area contributed by atoms with Gasteiger partial charge in [-0.25, -0.2) is 0 Å². The largest absolute Gasteiger partial charge is 0.503 e. The fraction of sp³-hybridized carbons (Fsp3) is 0.474. The van der Waals surface area contributed by atoms with Gasteiger partial charge in [0.1, 0.15) is 5.70 Å². The van der Waals surface area contributed by atoms with Crippen LogP contribution in [0.3, 0.4) is 0 Å². The molecule has 3 rings (SSSR count). The highest BCUT2D eigenvalue weighted by Crippen LogP contribution is 2.37. The Balaban J connectivity index is 1.93. The second kappa shape index (κ2) is 7.84. The van der Waals surface area contributed by atoms with E-state index >= 15 is 0 Å². The number of benzene rings is 1. The molecule has 1 heterocycles. The van der Waals surface area contributed by atoms with Crippen molar-refractivity contribution < 1.29 is 14.6 Å². The van der Waals surface area contributed by atoms with Crippen LogP contribution in [0, 0.1) is 0 Å². The Morgan fingerprint density at radius 2 is 2.04 bits per heavy atom. The zero-order valence-corrected chi connectivity index (χ0v) is 16.6. The van der Waals surface area contributed by atoms with Crippen molar-refractivity contribution in [2.45, 2.75) is 45.1 Å². The van der Waals surface area contributed by atoms with Gasteiger partial charge in [0.05, 0.1) is 11.6 Å². The third kappa shape index (κ3) is 3.53. The van der Waals surface area contributed by atoms with Gasteiger partial charge >= 0.3 is 0 Å². The molecule has 2 fully saturated rings. The lowest BCUT2D eigenvalue weighted by Crippen LogP contribution is -2.41. The number of phenols is 1. The van der Waals surface area contributed by atoms with E-state index in [0.29, 0.717) is 28.7 Å². The Morgan fingerprint density at radius 1 is 1.35 bits per heavy atom. The molecule has 26 heavy (non-hydrogen) atoms. The highest BCUT2D eigenvalue weighted by atomic mass is 35.5. The maximum absolute atomic E-state index is 13.0. The van der Waals surface area contributed by atoms with Crippen molar-refractivity contribution in [1.29, 1.82) is 0 Å². The average molecular weight is 395 g/mol. The average Bonchev–Trinajstić information content (AvgIpc) is 2.83. The van der Waals surface area contributed by atoms with Gasteiger partial charge in [0.25, 0.3) is 5.91 Å². The summed E-state index contributed by atoms with van der Waals surface area (Å²) in [4.78, 5) is 16.5. The number of carbonyl (C=O) groups excluding carboxylic acids is 1. The van der Waals surface area contributed by atoms with E-state index in [0.717, 1.165) is 25.7 Å². The predicted molar refractivity (Wildman–Crippen MR) is 106 cm³/mol. The third-order valence-electron chi connectivity index (χ3n) is 4.89. The Kier molecular flexibility index (Phi) is 5.73. The normalized spacial score (nSPS) is 20.3. The summed E-state index contributed by atoms with van der Waals surface area (Å²) < 4.78 is 5.42. The summed E-state index contributed by atoms with van der Waals surface area (Å²) in [6.45, 7) is 2.23. The molecule has 1 aromatic carbocycles. The molecule has 5 nitrogen and oxygen atoms in total. The molecule has 0 atom stereocenters. The fourth-order valence-corrected chi connectivity index (χ4v) is 4.09. The van der Waals surface area contributed by atoms with E-state index in [4.69, 9.17) is 28.6 Å². The van der Waals surface area contributed by atoms with Gasteiger partial charge in [0.15, 0.2) is 16.6 Å². The molecule has 1 N–H and O–H groups in total. The van der Waals surface area contributed by atoms with Gasteiger partial charge in [-0.2, -0.15) is 0 Å². The van der Waals surface area contributed by atoms with Crippen molar-refractivity contribution in [2.24, 2.45) is 0 Å². The van der Waals surface area contributed by atoms with Crippen LogP contribution in [-0.2, 0) is 4.79 Å². The van der Waals surface area contributed by atoms with Gasteiger partial charge in [-0.1, -0.05) is 30.9 Å². The van der Waals surface area contributed by atoms with Gasteiger partial charge < -0.3 is 14.7 Å². The molecule has 140 valence electrons. The van der Waals surface area contributed by atoms with E-state index in [9.17, 15) is 9.90 Å². The van der Waals surface area contributed by atoms with Crippen LogP contribution in [-0.4, -0.2) is 45.6 Å². The minimum atomic E-state index is -0.0962. The van der Waals surface area contributed by atoms with Crippen LogP contribution >= 0.6 is 23.8 Å². The van der Waals surface area contributed by atoms with Crippen LogP contribution in [0.5, 0.6) is 11.5 Å². The number of phenolic OH excluding ortho intramolecular Hbond substituents is 1. The number of aromatic hydroxyl groups is 1. The molecule has 1 saturated carbocycles. The Bertz CT molecular complexity index is 759. The van der Waals surface area contributed by atoms with Crippen LogP contribution in [0.1, 0.15) is 44.6 Å². The second-order valence-corrected chi connectivity index (χ2v) is 7.39. The molecule has 7 heteroatoms. The Labute approximate surface area is 164 Å². The number of thiocarbonyl (C=S) groups is 1. The molecule has 0 radical (unpaired) electrons. The molecule has 0 spiro atoms. The number of nitrogens with zero attached hydrogens (tertiary/aromatic N) is 2. The number of carbonyl (C=O) groups is 1. The van der Waals surface area contributed by atoms with Crippen LogP contribution in [0.25, 0.3) is 6.08 Å². The molecule has 0 aromatic heterocycles. The molecule has 2 aliphatic rings. The molecule has 0 unspecified atom stereocenters. The Hall–Kier alpha value is -1.79. The molecular formula is C19H23ClN2O3S. The molecule has 1 amide bonds.